The first kappa shape index (κ1) is 28.3. The van der Waals surface area contributed by atoms with Crippen LogP contribution in [0.4, 0.5) is 16.2 Å². The quantitative estimate of drug-likeness (QED) is 0.249. The van der Waals surface area contributed by atoms with Gasteiger partial charge >= 0.3 is 0 Å². The highest BCUT2D eigenvalue weighted by Gasteiger charge is 2.24. The number of para-hydroxylation sites is 1. The number of hydrogen-bond acceptors (Lipinski definition) is 8. The van der Waals surface area contributed by atoms with Crippen LogP contribution in [0.5, 0.6) is 0 Å². The molecule has 3 heterocycles. The number of nitrogens with one attached hydrogen (secondary N) is 2. The van der Waals surface area contributed by atoms with Crippen molar-refractivity contribution in [2.24, 2.45) is 0 Å². The van der Waals surface area contributed by atoms with Gasteiger partial charge in [0.25, 0.3) is 11.5 Å². The molecule has 5 rings (SSSR count). The van der Waals surface area contributed by atoms with Crippen LogP contribution in [0.1, 0.15) is 56.3 Å². The highest BCUT2D eigenvalue weighted by Crippen LogP contribution is 2.31. The van der Waals surface area contributed by atoms with Crippen LogP contribution in [0.15, 0.2) is 78.0 Å². The minimum atomic E-state index is -0.643. The minimum absolute atomic E-state index is 0.0275. The molecule has 11 heteroatoms. The molecule has 1 atom stereocenters. The second-order valence-electron chi connectivity index (χ2n) is 10.8. The molecule has 0 bridgehead atoms. The zero-order chi connectivity index (χ0) is 30.0. The van der Waals surface area contributed by atoms with Gasteiger partial charge < -0.3 is 16.4 Å². The van der Waals surface area contributed by atoms with E-state index in [1.54, 1.807) is 48.8 Å². The zero-order valence-corrected chi connectivity index (χ0v) is 23.7. The second-order valence-corrected chi connectivity index (χ2v) is 10.8. The molecule has 0 aliphatic carbocycles. The molecule has 0 saturated carbocycles. The fourth-order valence-corrected chi connectivity index (χ4v) is 4.62. The molecular formula is C31H31FN8O2. The minimum Gasteiger partial charge on any atom is -0.368 e. The zero-order valence-electron chi connectivity index (χ0n) is 23.7. The van der Waals surface area contributed by atoms with Gasteiger partial charge in [0.05, 0.1) is 22.8 Å². The number of amides is 1. The number of aromatic nitrogens is 5. The average molecular weight is 567 g/mol. The Balaban J connectivity index is 1.63. The number of nitrogen functional groups attached to an aromatic ring is 1. The molecule has 42 heavy (non-hydrogen) atoms. The molecule has 5 aromatic rings. The largest absolute Gasteiger partial charge is 0.368 e. The standard InChI is InChI=1S/C31H31FN8O2/c1-5-23(27-37-24-13-9-12-22(32)25(24)29(42)40(27)20-10-7-6-8-11-20)36-26-21(17-35-30(33)38-26)18-14-19(16-34-15-18)28(41)39-31(2,3)4/h6-17,23H,5H2,1-4H3,(H,39,41)(H3,33,35,36,38). The number of pyridine rings is 1. The third-order valence-electron chi connectivity index (χ3n) is 6.53. The Morgan fingerprint density at radius 2 is 1.81 bits per heavy atom. The van der Waals surface area contributed by atoms with Gasteiger partial charge in [0.1, 0.15) is 22.8 Å². The first-order valence-corrected chi connectivity index (χ1v) is 13.5. The molecule has 1 unspecified atom stereocenters. The highest BCUT2D eigenvalue weighted by atomic mass is 19.1. The number of rotatable bonds is 7. The van der Waals surface area contributed by atoms with E-state index in [2.05, 4.69) is 25.6 Å². The molecule has 0 aliphatic rings. The fraction of sp³-hybridized carbons (Fsp3) is 0.226. The lowest BCUT2D eigenvalue weighted by Gasteiger charge is -2.23. The van der Waals surface area contributed by atoms with Crippen LogP contribution in [0.25, 0.3) is 27.7 Å². The van der Waals surface area contributed by atoms with Gasteiger partial charge in [-0.3, -0.25) is 19.1 Å². The molecule has 1 amide bonds. The number of fused-ring (bicyclic) bond motifs is 1. The van der Waals surface area contributed by atoms with Crippen molar-refractivity contribution in [1.29, 1.82) is 0 Å². The Hall–Kier alpha value is -5.19. The summed E-state index contributed by atoms with van der Waals surface area (Å²) in [5, 5.41) is 6.22. The van der Waals surface area contributed by atoms with Crippen molar-refractivity contribution >= 4 is 28.6 Å². The first-order valence-electron chi connectivity index (χ1n) is 13.5. The number of halogens is 1. The van der Waals surface area contributed by atoms with Gasteiger partial charge in [0.15, 0.2) is 0 Å². The lowest BCUT2D eigenvalue weighted by molar-refractivity contribution is 0.0919. The van der Waals surface area contributed by atoms with Crippen LogP contribution in [0.3, 0.4) is 0 Å². The van der Waals surface area contributed by atoms with E-state index in [0.717, 1.165) is 0 Å². The molecule has 4 N–H and O–H groups in total. The fourth-order valence-electron chi connectivity index (χ4n) is 4.62. The van der Waals surface area contributed by atoms with Crippen molar-refractivity contribution in [1.82, 2.24) is 29.8 Å². The lowest BCUT2D eigenvalue weighted by Crippen LogP contribution is -2.40. The Labute approximate surface area is 241 Å². The van der Waals surface area contributed by atoms with E-state index in [9.17, 15) is 14.0 Å². The van der Waals surface area contributed by atoms with Crippen LogP contribution in [0, 0.1) is 5.82 Å². The maximum absolute atomic E-state index is 14.8. The summed E-state index contributed by atoms with van der Waals surface area (Å²) < 4.78 is 16.2. The molecule has 214 valence electrons. The van der Waals surface area contributed by atoms with Crippen molar-refractivity contribution in [3.63, 3.8) is 0 Å². The number of carbonyl (C=O) groups is 1. The Morgan fingerprint density at radius 1 is 1.05 bits per heavy atom. The van der Waals surface area contributed by atoms with Crippen LogP contribution in [-0.4, -0.2) is 35.9 Å². The number of anilines is 2. The Kier molecular flexibility index (Phi) is 7.66. The third-order valence-corrected chi connectivity index (χ3v) is 6.53. The van der Waals surface area contributed by atoms with E-state index < -0.39 is 23.0 Å². The molecule has 2 aromatic carbocycles. The Bertz CT molecular complexity index is 1830. The van der Waals surface area contributed by atoms with Gasteiger partial charge in [0, 0.05) is 35.3 Å². The van der Waals surface area contributed by atoms with E-state index in [-0.39, 0.29) is 22.8 Å². The first-order chi connectivity index (χ1) is 20.1. The maximum Gasteiger partial charge on any atom is 0.269 e. The summed E-state index contributed by atoms with van der Waals surface area (Å²) in [6.45, 7) is 7.62. The van der Waals surface area contributed by atoms with Gasteiger partial charge in [-0.25, -0.2) is 14.4 Å². The van der Waals surface area contributed by atoms with Crippen molar-refractivity contribution in [3.05, 3.63) is 101 Å². The van der Waals surface area contributed by atoms with Crippen LogP contribution < -0.4 is 21.9 Å². The molecule has 10 nitrogen and oxygen atoms in total. The SMILES string of the molecule is CCC(Nc1nc(N)ncc1-c1cncc(C(=O)NC(C)(C)C)c1)c1nc2cccc(F)c2c(=O)n1-c1ccccc1. The van der Waals surface area contributed by atoms with E-state index in [4.69, 9.17) is 10.7 Å². The number of nitrogens with two attached hydrogens (primary N) is 1. The van der Waals surface area contributed by atoms with Gasteiger partial charge in [-0.1, -0.05) is 31.2 Å². The maximum atomic E-state index is 14.8. The summed E-state index contributed by atoms with van der Waals surface area (Å²) >= 11 is 0. The average Bonchev–Trinajstić information content (AvgIpc) is 2.95. The monoisotopic (exact) mass is 566 g/mol. The molecule has 3 aromatic heterocycles. The summed E-state index contributed by atoms with van der Waals surface area (Å²) in [6.07, 6.45) is 5.12. The topological polar surface area (TPSA) is 141 Å². The number of hydrogen-bond donors (Lipinski definition) is 3. The summed E-state index contributed by atoms with van der Waals surface area (Å²) in [6, 6.07) is 14.5. The molecule has 0 aliphatic heterocycles. The van der Waals surface area contributed by atoms with Crippen LogP contribution in [-0.2, 0) is 0 Å². The summed E-state index contributed by atoms with van der Waals surface area (Å²) in [7, 11) is 0. The second kappa shape index (κ2) is 11.4. The van der Waals surface area contributed by atoms with Crippen LogP contribution in [0.2, 0.25) is 0 Å². The van der Waals surface area contributed by atoms with E-state index in [0.29, 0.717) is 40.4 Å². The predicted molar refractivity (Wildman–Crippen MR) is 161 cm³/mol. The normalized spacial score (nSPS) is 12.2. The lowest BCUT2D eigenvalue weighted by atomic mass is 10.1. The molecule has 0 fully saturated rings. The summed E-state index contributed by atoms with van der Waals surface area (Å²) in [5.41, 5.74) is 7.32. The summed E-state index contributed by atoms with van der Waals surface area (Å²) in [5.74, 6) is -0.159. The summed E-state index contributed by atoms with van der Waals surface area (Å²) in [4.78, 5) is 44.2. The molecular weight excluding hydrogens is 535 g/mol. The number of nitrogens with zero attached hydrogens (tertiary/aromatic N) is 5. The van der Waals surface area contributed by atoms with E-state index in [1.807, 2.05) is 33.8 Å². The van der Waals surface area contributed by atoms with Gasteiger partial charge in [0.2, 0.25) is 5.95 Å². The predicted octanol–water partition coefficient (Wildman–Crippen LogP) is 5.05. The van der Waals surface area contributed by atoms with Gasteiger partial charge in [-0.05, 0) is 57.5 Å². The van der Waals surface area contributed by atoms with Gasteiger partial charge in [-0.15, -0.1) is 0 Å². The number of benzene rings is 2. The molecule has 0 radical (unpaired) electrons. The third kappa shape index (κ3) is 5.80. The van der Waals surface area contributed by atoms with E-state index >= 15 is 0 Å². The van der Waals surface area contributed by atoms with Crippen molar-refractivity contribution in [2.45, 2.75) is 45.7 Å². The smallest absolute Gasteiger partial charge is 0.269 e. The van der Waals surface area contributed by atoms with E-state index in [1.165, 1.54) is 22.9 Å². The van der Waals surface area contributed by atoms with Crippen LogP contribution >= 0.6 is 0 Å². The van der Waals surface area contributed by atoms with Gasteiger partial charge in [-0.2, -0.15) is 4.98 Å². The molecule has 0 saturated heterocycles. The molecule has 0 spiro atoms. The number of carbonyl (C=O) groups excluding carboxylic acids is 1. The van der Waals surface area contributed by atoms with Crippen molar-refractivity contribution < 1.29 is 9.18 Å². The Morgan fingerprint density at radius 3 is 2.52 bits per heavy atom. The van der Waals surface area contributed by atoms with Crippen molar-refractivity contribution in [3.8, 4) is 16.8 Å². The van der Waals surface area contributed by atoms with Crippen molar-refractivity contribution in [2.75, 3.05) is 11.1 Å². The highest BCUT2D eigenvalue weighted by molar-refractivity contribution is 5.95.